The highest BCUT2D eigenvalue weighted by atomic mass is 32.1. The number of aromatic nitrogens is 1. The van der Waals surface area contributed by atoms with E-state index in [4.69, 9.17) is 9.47 Å². The minimum absolute atomic E-state index is 0.0332. The smallest absolute Gasteiger partial charge is 0.306 e. The number of hydrogen-bond donors (Lipinski definition) is 0. The molecule has 6 heteroatoms. The van der Waals surface area contributed by atoms with Gasteiger partial charge in [0.1, 0.15) is 6.61 Å². The molecule has 124 valence electrons. The monoisotopic (exact) mass is 335 g/mol. The number of carbonyl (C=O) groups is 1. The fraction of sp³-hybridized carbons (Fsp3) is 0.412. The summed E-state index contributed by atoms with van der Waals surface area (Å²) in [6.07, 6.45) is 2.92. The van der Waals surface area contributed by atoms with Crippen molar-refractivity contribution in [2.75, 3.05) is 7.11 Å². The number of unbranched alkanes of at least 4 members (excludes halogenated alkanes) is 2. The third-order valence-electron chi connectivity index (χ3n) is 3.37. The number of aryl methyl sites for hydroxylation is 1. The first kappa shape index (κ1) is 17.3. The molecule has 0 atom stereocenters. The molecule has 0 spiro atoms. The normalized spacial score (nSPS) is 10.5. The van der Waals surface area contributed by atoms with Crippen LogP contribution in [0.2, 0.25) is 0 Å². The molecule has 0 bridgehead atoms. The molecule has 0 amide bonds. The Hall–Kier alpha value is -2.08. The average molecular weight is 335 g/mol. The molecule has 1 aromatic heterocycles. The van der Waals surface area contributed by atoms with Crippen molar-refractivity contribution < 1.29 is 14.3 Å². The van der Waals surface area contributed by atoms with Crippen LogP contribution in [0.1, 0.15) is 31.2 Å². The first-order chi connectivity index (χ1) is 11.2. The van der Waals surface area contributed by atoms with Gasteiger partial charge >= 0.3 is 5.97 Å². The zero-order valence-corrected chi connectivity index (χ0v) is 14.0. The molecule has 0 aliphatic heterocycles. The first-order valence-corrected chi connectivity index (χ1v) is 8.41. The van der Waals surface area contributed by atoms with Crippen LogP contribution in [0.5, 0.6) is 5.06 Å². The number of esters is 1. The lowest BCUT2D eigenvalue weighted by Crippen LogP contribution is -2.11. The SMILES string of the molecule is COc1cc(=O)n(CCCCCC(=O)OCc2ccccc2)s1. The summed E-state index contributed by atoms with van der Waals surface area (Å²) < 4.78 is 11.9. The minimum atomic E-state index is -0.177. The van der Waals surface area contributed by atoms with Crippen LogP contribution in [0.25, 0.3) is 0 Å². The number of nitrogens with zero attached hydrogens (tertiary/aromatic N) is 1. The molecule has 0 radical (unpaired) electrons. The van der Waals surface area contributed by atoms with Crippen molar-refractivity contribution in [3.8, 4) is 5.06 Å². The van der Waals surface area contributed by atoms with Crippen LogP contribution in [-0.4, -0.2) is 17.0 Å². The van der Waals surface area contributed by atoms with Crippen LogP contribution in [0.3, 0.4) is 0 Å². The molecule has 2 rings (SSSR count). The molecule has 0 saturated heterocycles. The van der Waals surface area contributed by atoms with Gasteiger partial charge in [-0.25, -0.2) is 0 Å². The summed E-state index contributed by atoms with van der Waals surface area (Å²) in [5.74, 6) is -0.177. The standard InChI is InChI=1S/C17H21NO4S/c1-21-17-12-15(19)18(23-17)11-7-3-6-10-16(20)22-13-14-8-4-2-5-9-14/h2,4-5,8-9,12H,3,6-7,10-11,13H2,1H3. The van der Waals surface area contributed by atoms with Gasteiger partial charge in [0.05, 0.1) is 13.2 Å². The van der Waals surface area contributed by atoms with E-state index in [-0.39, 0.29) is 11.5 Å². The number of hydrogen-bond acceptors (Lipinski definition) is 5. The Labute approximate surface area is 139 Å². The second kappa shape index (κ2) is 9.15. The highest BCUT2D eigenvalue weighted by Crippen LogP contribution is 2.15. The molecule has 5 nitrogen and oxygen atoms in total. The highest BCUT2D eigenvalue weighted by Gasteiger charge is 2.05. The number of rotatable bonds is 9. The van der Waals surface area contributed by atoms with Crippen LogP contribution < -0.4 is 10.3 Å². The summed E-state index contributed by atoms with van der Waals surface area (Å²) in [6.45, 7) is 0.982. The molecule has 0 unspecified atom stereocenters. The number of ether oxygens (including phenoxy) is 2. The molecule has 1 heterocycles. The van der Waals surface area contributed by atoms with Crippen molar-refractivity contribution in [2.24, 2.45) is 0 Å². The van der Waals surface area contributed by atoms with E-state index >= 15 is 0 Å². The average Bonchev–Trinajstić information content (AvgIpc) is 2.94. The Morgan fingerprint density at radius 1 is 1.17 bits per heavy atom. The highest BCUT2D eigenvalue weighted by molar-refractivity contribution is 7.08. The Kier molecular flexibility index (Phi) is 6.87. The largest absolute Gasteiger partial charge is 0.486 e. The van der Waals surface area contributed by atoms with Gasteiger partial charge < -0.3 is 9.47 Å². The topological polar surface area (TPSA) is 57.5 Å². The third-order valence-corrected chi connectivity index (χ3v) is 4.42. The lowest BCUT2D eigenvalue weighted by atomic mass is 10.2. The lowest BCUT2D eigenvalue weighted by Gasteiger charge is -2.05. The molecule has 1 aromatic carbocycles. The van der Waals surface area contributed by atoms with Crippen molar-refractivity contribution in [3.63, 3.8) is 0 Å². The maximum absolute atomic E-state index is 11.7. The maximum Gasteiger partial charge on any atom is 0.306 e. The van der Waals surface area contributed by atoms with Crippen LogP contribution in [-0.2, 0) is 22.7 Å². The van der Waals surface area contributed by atoms with Gasteiger partial charge in [0, 0.05) is 13.0 Å². The number of benzene rings is 1. The van der Waals surface area contributed by atoms with Crippen molar-refractivity contribution >= 4 is 17.5 Å². The Morgan fingerprint density at radius 3 is 2.65 bits per heavy atom. The molecular weight excluding hydrogens is 314 g/mol. The van der Waals surface area contributed by atoms with Gasteiger partial charge in [0.2, 0.25) is 0 Å². The summed E-state index contributed by atoms with van der Waals surface area (Å²) in [4.78, 5) is 23.3. The summed E-state index contributed by atoms with van der Waals surface area (Å²) in [5.41, 5.74) is 0.959. The molecule has 0 aliphatic rings. The molecular formula is C17H21NO4S. The van der Waals surface area contributed by atoms with Gasteiger partial charge in [-0.15, -0.1) is 0 Å². The summed E-state index contributed by atoms with van der Waals surface area (Å²) in [5, 5.41) is 0.625. The van der Waals surface area contributed by atoms with Gasteiger partial charge in [-0.2, -0.15) is 0 Å². The predicted molar refractivity (Wildman–Crippen MR) is 89.8 cm³/mol. The van der Waals surface area contributed by atoms with E-state index in [1.54, 1.807) is 11.1 Å². The maximum atomic E-state index is 11.7. The van der Waals surface area contributed by atoms with E-state index < -0.39 is 0 Å². The van der Waals surface area contributed by atoms with Crippen LogP contribution in [0.4, 0.5) is 0 Å². The summed E-state index contributed by atoms with van der Waals surface area (Å²) >= 11 is 1.32. The molecule has 2 aromatic rings. The molecule has 0 N–H and O–H groups in total. The Morgan fingerprint density at radius 2 is 1.96 bits per heavy atom. The quantitative estimate of drug-likeness (QED) is 0.521. The fourth-order valence-electron chi connectivity index (χ4n) is 2.12. The molecule has 23 heavy (non-hydrogen) atoms. The third kappa shape index (κ3) is 5.90. The van der Waals surface area contributed by atoms with Gasteiger partial charge in [-0.05, 0) is 29.9 Å². The van der Waals surface area contributed by atoms with Gasteiger partial charge in [0.25, 0.3) is 5.56 Å². The van der Waals surface area contributed by atoms with Gasteiger partial charge in [-0.3, -0.25) is 13.5 Å². The van der Waals surface area contributed by atoms with E-state index in [0.29, 0.717) is 24.6 Å². The number of methoxy groups -OCH3 is 1. The number of carbonyl (C=O) groups excluding carboxylic acids is 1. The molecule has 0 saturated carbocycles. The Balaban J connectivity index is 1.59. The first-order valence-electron chi connectivity index (χ1n) is 7.64. The minimum Gasteiger partial charge on any atom is -0.486 e. The predicted octanol–water partition coefficient (Wildman–Crippen LogP) is 3.22. The van der Waals surface area contributed by atoms with Gasteiger partial charge in [-0.1, -0.05) is 36.8 Å². The summed E-state index contributed by atoms with van der Waals surface area (Å²) in [7, 11) is 1.55. The van der Waals surface area contributed by atoms with E-state index in [2.05, 4.69) is 0 Å². The zero-order valence-electron chi connectivity index (χ0n) is 13.2. The fourth-order valence-corrected chi connectivity index (χ4v) is 2.92. The van der Waals surface area contributed by atoms with Crippen molar-refractivity contribution in [3.05, 3.63) is 52.3 Å². The van der Waals surface area contributed by atoms with Crippen molar-refractivity contribution in [1.82, 2.24) is 3.96 Å². The second-order valence-corrected chi connectivity index (χ2v) is 6.18. The van der Waals surface area contributed by atoms with E-state index in [1.165, 1.54) is 17.6 Å². The Bertz CT molecular complexity index is 663. The van der Waals surface area contributed by atoms with Crippen LogP contribution in [0, 0.1) is 0 Å². The van der Waals surface area contributed by atoms with Crippen molar-refractivity contribution in [2.45, 2.75) is 38.8 Å². The van der Waals surface area contributed by atoms with Crippen LogP contribution >= 0.6 is 11.5 Å². The molecule has 0 fully saturated rings. The van der Waals surface area contributed by atoms with Gasteiger partial charge in [0.15, 0.2) is 5.06 Å². The lowest BCUT2D eigenvalue weighted by molar-refractivity contribution is -0.145. The van der Waals surface area contributed by atoms with Crippen molar-refractivity contribution in [1.29, 1.82) is 0 Å². The van der Waals surface area contributed by atoms with Crippen LogP contribution in [0.15, 0.2) is 41.2 Å². The van der Waals surface area contributed by atoms with E-state index in [0.717, 1.165) is 24.8 Å². The zero-order chi connectivity index (χ0) is 16.5. The molecule has 0 aliphatic carbocycles. The van der Waals surface area contributed by atoms with E-state index in [1.807, 2.05) is 30.3 Å². The summed E-state index contributed by atoms with van der Waals surface area (Å²) in [6, 6.07) is 11.1. The second-order valence-electron chi connectivity index (χ2n) is 5.16. The van der Waals surface area contributed by atoms with E-state index in [9.17, 15) is 9.59 Å².